The maximum atomic E-state index is 13.1. The van der Waals surface area contributed by atoms with E-state index in [9.17, 15) is 8.78 Å². The Labute approximate surface area is 103 Å². The molecule has 2 aromatic rings. The van der Waals surface area contributed by atoms with Crippen molar-refractivity contribution in [2.75, 3.05) is 5.73 Å². The average Bonchev–Trinajstić information content (AvgIpc) is 2.73. The predicted molar refractivity (Wildman–Crippen MR) is 63.0 cm³/mol. The van der Waals surface area contributed by atoms with E-state index in [1.165, 1.54) is 12.1 Å². The first kappa shape index (κ1) is 11.1. The van der Waals surface area contributed by atoms with Crippen molar-refractivity contribution in [2.24, 2.45) is 0 Å². The first-order chi connectivity index (χ1) is 8.63. The number of nitrogens with zero attached hydrogens (tertiary/aromatic N) is 2. The van der Waals surface area contributed by atoms with E-state index in [-0.39, 0.29) is 11.9 Å². The molecule has 1 heterocycles. The van der Waals surface area contributed by atoms with Crippen LogP contribution in [0.5, 0.6) is 0 Å². The third-order valence-electron chi connectivity index (χ3n) is 3.29. The minimum absolute atomic E-state index is 0.117. The highest BCUT2D eigenvalue weighted by atomic mass is 19.2. The molecule has 0 amide bonds. The summed E-state index contributed by atoms with van der Waals surface area (Å²) in [6.07, 6.45) is 2.91. The predicted octanol–water partition coefficient (Wildman–Crippen LogP) is 2.22. The monoisotopic (exact) mass is 247 g/mol. The van der Waals surface area contributed by atoms with Gasteiger partial charge in [0.1, 0.15) is 0 Å². The van der Waals surface area contributed by atoms with Crippen LogP contribution in [0.15, 0.2) is 24.4 Å². The highest BCUT2D eigenvalue weighted by Crippen LogP contribution is 2.34. The van der Waals surface area contributed by atoms with Gasteiger partial charge in [-0.25, -0.2) is 18.7 Å². The fourth-order valence-electron chi connectivity index (χ4n) is 2.44. The van der Waals surface area contributed by atoms with E-state index < -0.39 is 11.6 Å². The molecule has 1 aliphatic carbocycles. The van der Waals surface area contributed by atoms with Crippen LogP contribution in [0.2, 0.25) is 0 Å². The molecule has 0 aliphatic heterocycles. The highest BCUT2D eigenvalue weighted by Gasteiger charge is 2.25. The fraction of sp³-hybridized carbons (Fsp3) is 0.231. The van der Waals surface area contributed by atoms with E-state index in [2.05, 4.69) is 9.97 Å². The number of fused-ring (bicyclic) bond motifs is 1. The van der Waals surface area contributed by atoms with Gasteiger partial charge < -0.3 is 5.73 Å². The summed E-state index contributed by atoms with van der Waals surface area (Å²) < 4.78 is 26.3. The van der Waals surface area contributed by atoms with Crippen LogP contribution in [0, 0.1) is 11.6 Å². The van der Waals surface area contributed by atoms with E-state index in [1.807, 2.05) is 0 Å². The van der Waals surface area contributed by atoms with Crippen LogP contribution in [0.3, 0.4) is 0 Å². The third kappa shape index (κ3) is 1.81. The average molecular weight is 247 g/mol. The van der Waals surface area contributed by atoms with Crippen molar-refractivity contribution in [2.45, 2.75) is 18.8 Å². The van der Waals surface area contributed by atoms with Crippen molar-refractivity contribution in [1.82, 2.24) is 9.97 Å². The highest BCUT2D eigenvalue weighted by molar-refractivity contribution is 5.37. The van der Waals surface area contributed by atoms with Gasteiger partial charge in [0.15, 0.2) is 11.6 Å². The summed E-state index contributed by atoms with van der Waals surface area (Å²) in [7, 11) is 0. The molecular formula is C13H11F2N3. The lowest BCUT2D eigenvalue weighted by Gasteiger charge is -2.07. The quantitative estimate of drug-likeness (QED) is 0.840. The molecule has 3 nitrogen and oxygen atoms in total. The summed E-state index contributed by atoms with van der Waals surface area (Å²) in [5, 5.41) is 0. The van der Waals surface area contributed by atoms with Gasteiger partial charge in [-0.1, -0.05) is 0 Å². The zero-order chi connectivity index (χ0) is 12.7. The number of nitrogens with two attached hydrogens (primary N) is 1. The zero-order valence-electron chi connectivity index (χ0n) is 9.53. The number of halogens is 2. The van der Waals surface area contributed by atoms with Gasteiger partial charge in [-0.05, 0) is 42.2 Å². The van der Waals surface area contributed by atoms with Gasteiger partial charge in [0, 0.05) is 17.8 Å². The summed E-state index contributed by atoms with van der Waals surface area (Å²) in [5.41, 5.74) is 8.04. The lowest BCUT2D eigenvalue weighted by atomic mass is 10.0. The molecule has 1 aromatic heterocycles. The SMILES string of the molecule is Nc1nccc(C2Cc3cc(F)c(F)cc3C2)n1. The molecule has 0 bridgehead atoms. The summed E-state index contributed by atoms with van der Waals surface area (Å²) in [4.78, 5) is 8.00. The second-order valence-corrected chi connectivity index (χ2v) is 4.48. The van der Waals surface area contributed by atoms with Crippen molar-refractivity contribution in [1.29, 1.82) is 0 Å². The van der Waals surface area contributed by atoms with E-state index in [0.29, 0.717) is 12.8 Å². The van der Waals surface area contributed by atoms with Crippen molar-refractivity contribution in [3.8, 4) is 0 Å². The Bertz CT molecular complexity index is 582. The molecule has 1 aromatic carbocycles. The van der Waals surface area contributed by atoms with Crippen molar-refractivity contribution < 1.29 is 8.78 Å². The fourth-order valence-corrected chi connectivity index (χ4v) is 2.44. The molecule has 1 aliphatic rings. The molecule has 2 N–H and O–H groups in total. The van der Waals surface area contributed by atoms with Crippen molar-refractivity contribution in [3.05, 3.63) is 52.9 Å². The van der Waals surface area contributed by atoms with Crippen LogP contribution >= 0.6 is 0 Å². The molecule has 92 valence electrons. The lowest BCUT2D eigenvalue weighted by molar-refractivity contribution is 0.507. The molecule has 3 rings (SSSR count). The molecule has 18 heavy (non-hydrogen) atoms. The maximum Gasteiger partial charge on any atom is 0.220 e. The number of aromatic nitrogens is 2. The molecule has 0 saturated carbocycles. The number of benzene rings is 1. The summed E-state index contributed by atoms with van der Waals surface area (Å²) in [5.74, 6) is -1.25. The van der Waals surface area contributed by atoms with Crippen molar-refractivity contribution in [3.63, 3.8) is 0 Å². The number of hydrogen-bond acceptors (Lipinski definition) is 3. The molecular weight excluding hydrogens is 236 g/mol. The summed E-state index contributed by atoms with van der Waals surface area (Å²) >= 11 is 0. The molecule has 0 spiro atoms. The normalized spacial score (nSPS) is 14.8. The lowest BCUT2D eigenvalue weighted by Crippen LogP contribution is -2.04. The molecule has 0 unspecified atom stereocenters. The zero-order valence-corrected chi connectivity index (χ0v) is 9.53. The van der Waals surface area contributed by atoms with E-state index in [1.54, 1.807) is 12.3 Å². The second-order valence-electron chi connectivity index (χ2n) is 4.48. The molecule has 0 atom stereocenters. The van der Waals surface area contributed by atoms with E-state index in [4.69, 9.17) is 5.73 Å². The second kappa shape index (κ2) is 4.01. The van der Waals surface area contributed by atoms with Gasteiger partial charge in [-0.15, -0.1) is 0 Å². The minimum atomic E-state index is -0.795. The summed E-state index contributed by atoms with van der Waals surface area (Å²) in [6.45, 7) is 0. The standard InChI is InChI=1S/C13H11F2N3/c14-10-5-7-3-9(4-8(7)6-11(10)15)12-1-2-17-13(16)18-12/h1-2,5-6,9H,3-4H2,(H2,16,17,18). The largest absolute Gasteiger partial charge is 0.368 e. The number of rotatable bonds is 1. The summed E-state index contributed by atoms with van der Waals surface area (Å²) in [6, 6.07) is 4.34. The molecule has 0 fully saturated rings. The molecule has 0 saturated heterocycles. The Morgan fingerprint density at radius 3 is 2.28 bits per heavy atom. The van der Waals surface area contributed by atoms with Gasteiger partial charge >= 0.3 is 0 Å². The Balaban J connectivity index is 1.93. The molecule has 0 radical (unpaired) electrons. The van der Waals surface area contributed by atoms with E-state index >= 15 is 0 Å². The van der Waals surface area contributed by atoms with Crippen LogP contribution in [0.4, 0.5) is 14.7 Å². The topological polar surface area (TPSA) is 51.8 Å². The maximum absolute atomic E-state index is 13.1. The van der Waals surface area contributed by atoms with Gasteiger partial charge in [0.25, 0.3) is 0 Å². The van der Waals surface area contributed by atoms with Crippen LogP contribution in [0.25, 0.3) is 0 Å². The number of anilines is 1. The first-order valence-corrected chi connectivity index (χ1v) is 5.68. The van der Waals surface area contributed by atoms with Crippen LogP contribution in [0.1, 0.15) is 22.7 Å². The Morgan fingerprint density at radius 2 is 1.72 bits per heavy atom. The number of nitrogen functional groups attached to an aromatic ring is 1. The van der Waals surface area contributed by atoms with Gasteiger partial charge in [-0.2, -0.15) is 0 Å². The van der Waals surface area contributed by atoms with Gasteiger partial charge in [-0.3, -0.25) is 0 Å². The van der Waals surface area contributed by atoms with E-state index in [0.717, 1.165) is 16.8 Å². The van der Waals surface area contributed by atoms with Crippen LogP contribution in [-0.4, -0.2) is 9.97 Å². The number of hydrogen-bond donors (Lipinski definition) is 1. The minimum Gasteiger partial charge on any atom is -0.368 e. The Morgan fingerprint density at radius 1 is 1.11 bits per heavy atom. The first-order valence-electron chi connectivity index (χ1n) is 5.68. The van der Waals surface area contributed by atoms with Crippen LogP contribution in [-0.2, 0) is 12.8 Å². The van der Waals surface area contributed by atoms with Crippen LogP contribution < -0.4 is 5.73 Å². The third-order valence-corrected chi connectivity index (χ3v) is 3.29. The molecule has 5 heteroatoms. The smallest absolute Gasteiger partial charge is 0.220 e. The van der Waals surface area contributed by atoms with Gasteiger partial charge in [0.2, 0.25) is 5.95 Å². The Kier molecular flexibility index (Phi) is 2.47. The van der Waals surface area contributed by atoms with Gasteiger partial charge in [0.05, 0.1) is 0 Å². The van der Waals surface area contributed by atoms with Crippen molar-refractivity contribution >= 4 is 5.95 Å². The Hall–Kier alpha value is -2.04.